The molecule has 0 aliphatic rings. The molecule has 2 aromatic heterocycles. The third-order valence-electron chi connectivity index (χ3n) is 2.69. The molecule has 0 unspecified atom stereocenters. The average Bonchev–Trinajstić information content (AvgIpc) is 3.19. The van der Waals surface area contributed by atoms with E-state index >= 15 is 0 Å². The summed E-state index contributed by atoms with van der Waals surface area (Å²) in [6.07, 6.45) is 1.50. The monoisotopic (exact) mass is 383 g/mol. The average molecular weight is 384 g/mol. The van der Waals surface area contributed by atoms with E-state index in [-0.39, 0.29) is 31.3 Å². The van der Waals surface area contributed by atoms with Crippen LogP contribution in [-0.4, -0.2) is 30.8 Å². The van der Waals surface area contributed by atoms with E-state index in [2.05, 4.69) is 31.9 Å². The second-order valence-electron chi connectivity index (χ2n) is 4.42. The molecule has 2 aromatic rings. The maximum Gasteiger partial charge on any atom is 0.287 e. The highest BCUT2D eigenvalue weighted by molar-refractivity contribution is 9.10. The normalized spacial score (nSPS) is 10.1. The van der Waals surface area contributed by atoms with Crippen LogP contribution in [0.1, 0.15) is 16.3 Å². The van der Waals surface area contributed by atoms with Crippen molar-refractivity contribution in [1.82, 2.24) is 16.0 Å². The first-order valence-corrected chi connectivity index (χ1v) is 7.43. The highest BCUT2D eigenvalue weighted by atomic mass is 79.9. The molecule has 0 atom stereocenters. The number of furan rings is 2. The molecule has 9 heteroatoms. The zero-order valence-electron chi connectivity index (χ0n) is 11.9. The molecule has 0 saturated heterocycles. The molecule has 2 heterocycles. The molecule has 0 saturated carbocycles. The molecule has 8 nitrogen and oxygen atoms in total. The summed E-state index contributed by atoms with van der Waals surface area (Å²) in [4.78, 5) is 34.7. The van der Waals surface area contributed by atoms with Crippen molar-refractivity contribution in [2.75, 3.05) is 13.1 Å². The van der Waals surface area contributed by atoms with Gasteiger partial charge < -0.3 is 24.8 Å². The van der Waals surface area contributed by atoms with E-state index in [1.807, 2.05) is 0 Å². The maximum absolute atomic E-state index is 11.6. The lowest BCUT2D eigenvalue weighted by Gasteiger charge is -2.06. The number of hydrogen-bond acceptors (Lipinski definition) is 5. The minimum Gasteiger partial charge on any atom is -0.467 e. The summed E-state index contributed by atoms with van der Waals surface area (Å²) >= 11 is 3.07. The van der Waals surface area contributed by atoms with Crippen molar-refractivity contribution in [2.24, 2.45) is 0 Å². The van der Waals surface area contributed by atoms with Gasteiger partial charge in [0.25, 0.3) is 5.91 Å². The second-order valence-corrected chi connectivity index (χ2v) is 5.20. The molecule has 122 valence electrons. The van der Waals surface area contributed by atoms with Gasteiger partial charge in [0.05, 0.1) is 25.9 Å². The highest BCUT2D eigenvalue weighted by Crippen LogP contribution is 2.13. The first kappa shape index (κ1) is 16.8. The van der Waals surface area contributed by atoms with Crippen LogP contribution in [0.15, 0.2) is 44.0 Å². The van der Waals surface area contributed by atoms with E-state index < -0.39 is 11.8 Å². The van der Waals surface area contributed by atoms with Gasteiger partial charge in [-0.1, -0.05) is 0 Å². The SMILES string of the molecule is O=C(CNC(=O)CNC(=O)c1ccc(Br)o1)NCc1ccco1. The standard InChI is InChI=1S/C14H14BrN3O5/c15-11-4-3-10(23-11)14(21)18-8-13(20)17-7-12(19)16-6-9-2-1-5-22-9/h1-5H,6-8H2,(H,16,19)(H,17,20)(H,18,21). The summed E-state index contributed by atoms with van der Waals surface area (Å²) in [5.41, 5.74) is 0. The largest absolute Gasteiger partial charge is 0.467 e. The molecule has 0 bridgehead atoms. The van der Waals surface area contributed by atoms with Crippen LogP contribution in [0.4, 0.5) is 0 Å². The summed E-state index contributed by atoms with van der Waals surface area (Å²) in [5.74, 6) is -0.677. The molecule has 23 heavy (non-hydrogen) atoms. The van der Waals surface area contributed by atoms with Gasteiger partial charge in [-0.25, -0.2) is 0 Å². The molecule has 3 amide bonds. The number of halogens is 1. The molecular weight excluding hydrogens is 370 g/mol. The first-order chi connectivity index (χ1) is 11.0. The predicted octanol–water partition coefficient (Wildman–Crippen LogP) is 0.798. The Morgan fingerprint density at radius 3 is 2.39 bits per heavy atom. The predicted molar refractivity (Wildman–Crippen MR) is 82.3 cm³/mol. The van der Waals surface area contributed by atoms with Gasteiger partial charge in [0.15, 0.2) is 10.4 Å². The Hall–Kier alpha value is -2.55. The van der Waals surface area contributed by atoms with Crippen LogP contribution in [0.2, 0.25) is 0 Å². The number of amides is 3. The van der Waals surface area contributed by atoms with Gasteiger partial charge in [0.1, 0.15) is 5.76 Å². The lowest BCUT2D eigenvalue weighted by Crippen LogP contribution is -2.41. The van der Waals surface area contributed by atoms with E-state index in [9.17, 15) is 14.4 Å². The number of carbonyl (C=O) groups is 3. The van der Waals surface area contributed by atoms with Crippen LogP contribution >= 0.6 is 15.9 Å². The highest BCUT2D eigenvalue weighted by Gasteiger charge is 2.12. The van der Waals surface area contributed by atoms with E-state index in [0.717, 1.165) is 0 Å². The van der Waals surface area contributed by atoms with E-state index in [1.54, 1.807) is 18.2 Å². The number of carbonyl (C=O) groups excluding carboxylic acids is 3. The summed E-state index contributed by atoms with van der Waals surface area (Å²) in [6.45, 7) is -0.212. The topological polar surface area (TPSA) is 114 Å². The van der Waals surface area contributed by atoms with Gasteiger partial charge in [-0.2, -0.15) is 0 Å². The number of nitrogens with one attached hydrogen (secondary N) is 3. The molecule has 0 aliphatic carbocycles. The zero-order valence-corrected chi connectivity index (χ0v) is 13.5. The van der Waals surface area contributed by atoms with Crippen LogP contribution in [0.25, 0.3) is 0 Å². The first-order valence-electron chi connectivity index (χ1n) is 6.64. The Morgan fingerprint density at radius 1 is 1.00 bits per heavy atom. The van der Waals surface area contributed by atoms with Gasteiger partial charge in [0, 0.05) is 0 Å². The summed E-state index contributed by atoms with van der Waals surface area (Å²) < 4.78 is 10.5. The van der Waals surface area contributed by atoms with Crippen molar-refractivity contribution in [3.8, 4) is 0 Å². The van der Waals surface area contributed by atoms with Crippen molar-refractivity contribution in [3.63, 3.8) is 0 Å². The van der Waals surface area contributed by atoms with Crippen molar-refractivity contribution in [3.05, 3.63) is 46.7 Å². The lowest BCUT2D eigenvalue weighted by atomic mass is 10.4. The fraction of sp³-hybridized carbons (Fsp3) is 0.214. The van der Waals surface area contributed by atoms with E-state index in [4.69, 9.17) is 8.83 Å². The fourth-order valence-electron chi connectivity index (χ4n) is 1.59. The maximum atomic E-state index is 11.6. The van der Waals surface area contributed by atoms with Crippen molar-refractivity contribution in [2.45, 2.75) is 6.54 Å². The fourth-order valence-corrected chi connectivity index (χ4v) is 1.89. The Kier molecular flexibility index (Phi) is 5.98. The molecular formula is C14H14BrN3O5. The Labute approximate surface area is 139 Å². The molecule has 0 radical (unpaired) electrons. The van der Waals surface area contributed by atoms with E-state index in [0.29, 0.717) is 10.4 Å². The van der Waals surface area contributed by atoms with Crippen LogP contribution in [0.3, 0.4) is 0 Å². The number of rotatable bonds is 7. The summed E-state index contributed by atoms with van der Waals surface area (Å²) in [7, 11) is 0. The minimum atomic E-state index is -0.520. The van der Waals surface area contributed by atoms with Crippen molar-refractivity contribution in [1.29, 1.82) is 0 Å². The Morgan fingerprint density at radius 2 is 1.74 bits per heavy atom. The second kappa shape index (κ2) is 8.18. The quantitative estimate of drug-likeness (QED) is 0.654. The van der Waals surface area contributed by atoms with Gasteiger partial charge in [-0.15, -0.1) is 0 Å². The van der Waals surface area contributed by atoms with Gasteiger partial charge in [-0.3, -0.25) is 14.4 Å². The number of hydrogen-bond donors (Lipinski definition) is 3. The van der Waals surface area contributed by atoms with E-state index in [1.165, 1.54) is 12.3 Å². The van der Waals surface area contributed by atoms with Crippen molar-refractivity contribution >= 4 is 33.7 Å². The lowest BCUT2D eigenvalue weighted by molar-refractivity contribution is -0.125. The Bertz CT molecular complexity index is 680. The summed E-state index contributed by atoms with van der Waals surface area (Å²) in [5, 5.41) is 7.35. The zero-order chi connectivity index (χ0) is 16.7. The molecule has 0 spiro atoms. The van der Waals surface area contributed by atoms with Crippen LogP contribution in [0.5, 0.6) is 0 Å². The van der Waals surface area contributed by atoms with Gasteiger partial charge in [0.2, 0.25) is 11.8 Å². The van der Waals surface area contributed by atoms with Crippen LogP contribution in [-0.2, 0) is 16.1 Å². The third kappa shape index (κ3) is 5.62. The molecule has 0 aromatic carbocycles. The third-order valence-corrected chi connectivity index (χ3v) is 3.12. The van der Waals surface area contributed by atoms with Gasteiger partial charge in [-0.05, 0) is 40.2 Å². The molecule has 3 N–H and O–H groups in total. The molecule has 0 fully saturated rings. The van der Waals surface area contributed by atoms with Crippen LogP contribution < -0.4 is 16.0 Å². The molecule has 2 rings (SSSR count). The molecule has 0 aliphatic heterocycles. The minimum absolute atomic E-state index is 0.0841. The van der Waals surface area contributed by atoms with Crippen molar-refractivity contribution < 1.29 is 23.2 Å². The van der Waals surface area contributed by atoms with Crippen LogP contribution in [0, 0.1) is 0 Å². The smallest absolute Gasteiger partial charge is 0.287 e. The summed E-state index contributed by atoms with van der Waals surface area (Å²) in [6, 6.07) is 6.47. The Balaban J connectivity index is 1.62. The van der Waals surface area contributed by atoms with Gasteiger partial charge >= 0.3 is 0 Å².